The zero-order valence-electron chi connectivity index (χ0n) is 17.7. The van der Waals surface area contributed by atoms with Gasteiger partial charge in [0.25, 0.3) is 0 Å². The number of hydrogen-bond acceptors (Lipinski definition) is 6. The van der Waals surface area contributed by atoms with Crippen molar-refractivity contribution in [3.8, 4) is 0 Å². The maximum atomic E-state index is 13.6. The van der Waals surface area contributed by atoms with Crippen molar-refractivity contribution in [2.45, 2.75) is 46.1 Å². The van der Waals surface area contributed by atoms with Crippen molar-refractivity contribution >= 4 is 33.7 Å². The number of halogens is 1. The first kappa shape index (κ1) is 22.3. The minimum atomic E-state index is -0.902. The summed E-state index contributed by atoms with van der Waals surface area (Å²) in [5.41, 5.74) is 2.97. The second-order valence-electron chi connectivity index (χ2n) is 8.01. The molecule has 0 fully saturated rings. The molecule has 3 atom stereocenters. The van der Waals surface area contributed by atoms with Gasteiger partial charge >= 0.3 is 11.9 Å². The largest absolute Gasteiger partial charge is 0.468 e. The molecule has 6 nitrogen and oxygen atoms in total. The predicted octanol–water partition coefficient (Wildman–Crippen LogP) is 4.01. The van der Waals surface area contributed by atoms with Crippen LogP contribution in [0.2, 0.25) is 0 Å². The zero-order chi connectivity index (χ0) is 22.2. The average molecular weight is 476 g/mol. The van der Waals surface area contributed by atoms with Crippen molar-refractivity contribution in [1.29, 1.82) is 0 Å². The fourth-order valence-electron chi connectivity index (χ4n) is 4.25. The highest BCUT2D eigenvalue weighted by molar-refractivity contribution is 9.10. The number of ether oxygens (including phenoxy) is 2. The van der Waals surface area contributed by atoms with E-state index >= 15 is 0 Å². The van der Waals surface area contributed by atoms with E-state index in [1.54, 1.807) is 13.8 Å². The Balaban J connectivity index is 2.21. The predicted molar refractivity (Wildman–Crippen MR) is 115 cm³/mol. The Labute approximate surface area is 184 Å². The van der Waals surface area contributed by atoms with Gasteiger partial charge in [0.2, 0.25) is 0 Å². The lowest BCUT2D eigenvalue weighted by Gasteiger charge is -2.38. The highest BCUT2D eigenvalue weighted by Gasteiger charge is 2.47. The van der Waals surface area contributed by atoms with E-state index < -0.39 is 23.8 Å². The van der Waals surface area contributed by atoms with Crippen LogP contribution in [0, 0.1) is 11.8 Å². The lowest BCUT2D eigenvalue weighted by atomic mass is 9.69. The number of benzene rings is 1. The molecule has 1 aliphatic heterocycles. The van der Waals surface area contributed by atoms with Gasteiger partial charge in [0.05, 0.1) is 18.8 Å². The molecule has 0 amide bonds. The summed E-state index contributed by atoms with van der Waals surface area (Å²) in [6.07, 6.45) is 0.198. The summed E-state index contributed by atoms with van der Waals surface area (Å²) in [6, 6.07) is 7.47. The van der Waals surface area contributed by atoms with Crippen molar-refractivity contribution in [1.82, 2.24) is 5.32 Å². The molecule has 0 bridgehead atoms. The van der Waals surface area contributed by atoms with Gasteiger partial charge in [-0.1, -0.05) is 41.1 Å². The van der Waals surface area contributed by atoms with Gasteiger partial charge in [0.1, 0.15) is 5.92 Å². The fourth-order valence-corrected chi connectivity index (χ4v) is 4.76. The van der Waals surface area contributed by atoms with Gasteiger partial charge in [0.15, 0.2) is 5.78 Å². The Morgan fingerprint density at radius 2 is 1.90 bits per heavy atom. The monoisotopic (exact) mass is 475 g/mol. The van der Waals surface area contributed by atoms with Crippen LogP contribution in [-0.2, 0) is 23.9 Å². The van der Waals surface area contributed by atoms with Gasteiger partial charge in [-0.3, -0.25) is 9.59 Å². The standard InChI is InChI=1S/C23H26BrNO5/c1-11(2)30-23(28)18-13(4)25-16-10-12(3)17(22(27)29-5)21(26)20(16)19(18)14-8-6-7-9-15(14)24/h6-9,11-12,17,19,25H,10H2,1-5H3/t12-,17+,19+/m0/s1. The number of dihydropyridines is 1. The molecule has 0 unspecified atom stereocenters. The van der Waals surface area contributed by atoms with Gasteiger partial charge < -0.3 is 14.8 Å². The van der Waals surface area contributed by atoms with Gasteiger partial charge in [-0.15, -0.1) is 0 Å². The second-order valence-corrected chi connectivity index (χ2v) is 8.87. The molecule has 0 saturated heterocycles. The van der Waals surface area contributed by atoms with E-state index in [0.29, 0.717) is 23.3 Å². The minimum absolute atomic E-state index is 0.215. The first-order valence-electron chi connectivity index (χ1n) is 9.95. The molecule has 3 rings (SSSR count). The van der Waals surface area contributed by atoms with Crippen molar-refractivity contribution in [2.75, 3.05) is 7.11 Å². The molecule has 7 heteroatoms. The van der Waals surface area contributed by atoms with E-state index in [0.717, 1.165) is 15.7 Å². The van der Waals surface area contributed by atoms with E-state index in [4.69, 9.17) is 9.47 Å². The first-order chi connectivity index (χ1) is 14.2. The quantitative estimate of drug-likeness (QED) is 0.523. The molecule has 0 radical (unpaired) electrons. The van der Waals surface area contributed by atoms with Crippen LogP contribution in [0.5, 0.6) is 0 Å². The number of methoxy groups -OCH3 is 1. The smallest absolute Gasteiger partial charge is 0.337 e. The van der Waals surface area contributed by atoms with Crippen LogP contribution in [0.4, 0.5) is 0 Å². The lowest BCUT2D eigenvalue weighted by Crippen LogP contribution is -2.43. The van der Waals surface area contributed by atoms with Crippen LogP contribution < -0.4 is 5.32 Å². The number of carbonyl (C=O) groups is 3. The second kappa shape index (κ2) is 8.76. The van der Waals surface area contributed by atoms with Gasteiger partial charge in [-0.05, 0) is 44.7 Å². The van der Waals surface area contributed by atoms with Crippen LogP contribution in [0.3, 0.4) is 0 Å². The van der Waals surface area contributed by atoms with E-state index in [1.807, 2.05) is 38.1 Å². The highest BCUT2D eigenvalue weighted by Crippen LogP contribution is 2.47. The molecule has 0 spiro atoms. The summed E-state index contributed by atoms with van der Waals surface area (Å²) in [5, 5.41) is 3.25. The summed E-state index contributed by atoms with van der Waals surface area (Å²) < 4.78 is 11.2. The number of hydrogen-bond donors (Lipinski definition) is 1. The summed E-state index contributed by atoms with van der Waals surface area (Å²) in [7, 11) is 1.28. The van der Waals surface area contributed by atoms with E-state index in [-0.39, 0.29) is 17.8 Å². The zero-order valence-corrected chi connectivity index (χ0v) is 19.3. The van der Waals surface area contributed by atoms with E-state index in [2.05, 4.69) is 21.2 Å². The highest BCUT2D eigenvalue weighted by atomic mass is 79.9. The number of ketones is 1. The van der Waals surface area contributed by atoms with E-state index in [1.165, 1.54) is 7.11 Å². The SMILES string of the molecule is COC(=O)[C@H]1C(=O)C2=C(C[C@@H]1C)NC(C)=C(C(=O)OC(C)C)[C@H]2c1ccccc1Br. The Morgan fingerprint density at radius 3 is 2.50 bits per heavy atom. The third-order valence-electron chi connectivity index (χ3n) is 5.52. The lowest BCUT2D eigenvalue weighted by molar-refractivity contribution is -0.151. The van der Waals surface area contributed by atoms with E-state index in [9.17, 15) is 14.4 Å². The molecule has 1 heterocycles. The van der Waals surface area contributed by atoms with Gasteiger partial charge in [0, 0.05) is 27.4 Å². The Hall–Kier alpha value is -2.41. The van der Waals surface area contributed by atoms with Crippen LogP contribution in [0.25, 0.3) is 0 Å². The summed E-state index contributed by atoms with van der Waals surface area (Å²) in [6.45, 7) is 7.23. The van der Waals surface area contributed by atoms with Crippen LogP contribution in [0.15, 0.2) is 51.3 Å². The molecule has 0 saturated carbocycles. The van der Waals surface area contributed by atoms with Gasteiger partial charge in [-0.2, -0.15) is 0 Å². The van der Waals surface area contributed by atoms with Crippen molar-refractivity contribution in [3.63, 3.8) is 0 Å². The maximum Gasteiger partial charge on any atom is 0.337 e. The fraction of sp³-hybridized carbons (Fsp3) is 0.435. The molecular weight excluding hydrogens is 450 g/mol. The molecule has 30 heavy (non-hydrogen) atoms. The maximum absolute atomic E-state index is 13.6. The molecule has 1 aromatic rings. The van der Waals surface area contributed by atoms with Crippen LogP contribution in [0.1, 0.15) is 45.6 Å². The average Bonchev–Trinajstić information content (AvgIpc) is 2.66. The van der Waals surface area contributed by atoms with Crippen molar-refractivity contribution in [3.05, 3.63) is 56.8 Å². The minimum Gasteiger partial charge on any atom is -0.468 e. The summed E-state index contributed by atoms with van der Waals surface area (Å²) in [4.78, 5) is 39.0. The number of nitrogens with one attached hydrogen (secondary N) is 1. The Morgan fingerprint density at radius 1 is 1.23 bits per heavy atom. The molecule has 2 aliphatic rings. The molecule has 1 aromatic carbocycles. The Bertz CT molecular complexity index is 962. The molecule has 1 N–H and O–H groups in total. The third-order valence-corrected chi connectivity index (χ3v) is 6.24. The van der Waals surface area contributed by atoms with Crippen molar-refractivity contribution < 1.29 is 23.9 Å². The topological polar surface area (TPSA) is 81.7 Å². The third kappa shape index (κ3) is 3.95. The number of allylic oxidation sites excluding steroid dienone is 3. The Kier molecular flexibility index (Phi) is 6.50. The van der Waals surface area contributed by atoms with Crippen LogP contribution >= 0.6 is 15.9 Å². The van der Waals surface area contributed by atoms with Crippen LogP contribution in [-0.4, -0.2) is 30.9 Å². The van der Waals surface area contributed by atoms with Gasteiger partial charge in [-0.25, -0.2) is 4.79 Å². The summed E-state index contributed by atoms with van der Waals surface area (Å²) in [5.74, 6) is -3.11. The molecular formula is C23H26BrNO5. The normalized spacial score (nSPS) is 23.8. The summed E-state index contributed by atoms with van der Waals surface area (Å²) >= 11 is 3.56. The molecule has 0 aromatic heterocycles. The number of rotatable bonds is 4. The molecule has 1 aliphatic carbocycles. The first-order valence-corrected chi connectivity index (χ1v) is 10.7. The number of carbonyl (C=O) groups excluding carboxylic acids is 3. The molecule has 160 valence electrons. The number of esters is 2. The number of Topliss-reactive ketones (excluding diaryl/α,β-unsaturated/α-hetero) is 1. The van der Waals surface area contributed by atoms with Crippen molar-refractivity contribution in [2.24, 2.45) is 11.8 Å².